The van der Waals surface area contributed by atoms with Gasteiger partial charge in [0.05, 0.1) is 17.6 Å². The quantitative estimate of drug-likeness (QED) is 0.570. The molecule has 2 N–H and O–H groups in total. The predicted molar refractivity (Wildman–Crippen MR) is 84.6 cm³/mol. The van der Waals surface area contributed by atoms with E-state index in [0.29, 0.717) is 11.5 Å². The molecule has 0 aliphatic carbocycles. The summed E-state index contributed by atoms with van der Waals surface area (Å²) < 4.78 is 4.65. The Morgan fingerprint density at radius 3 is 2.74 bits per heavy atom. The van der Waals surface area contributed by atoms with Gasteiger partial charge in [0.15, 0.2) is 0 Å². The van der Waals surface area contributed by atoms with Gasteiger partial charge in [0.2, 0.25) is 0 Å². The van der Waals surface area contributed by atoms with E-state index < -0.39 is 11.9 Å². The second-order valence-electron chi connectivity index (χ2n) is 4.73. The third-order valence-corrected chi connectivity index (χ3v) is 3.15. The second-order valence-corrected chi connectivity index (χ2v) is 4.73. The largest absolute Gasteiger partial charge is 0.459 e. The zero-order valence-electron chi connectivity index (χ0n) is 12.4. The van der Waals surface area contributed by atoms with Crippen molar-refractivity contribution in [3.63, 3.8) is 0 Å². The number of carbonyl (C=O) groups excluding carboxylic acids is 2. The van der Waals surface area contributed by atoms with E-state index in [1.165, 1.54) is 0 Å². The molecule has 0 fully saturated rings. The maximum absolute atomic E-state index is 11.6. The summed E-state index contributed by atoms with van der Waals surface area (Å²) in [6.07, 6.45) is 3.38. The average Bonchev–Trinajstić information content (AvgIpc) is 2.99. The van der Waals surface area contributed by atoms with Gasteiger partial charge in [-0.05, 0) is 37.3 Å². The van der Waals surface area contributed by atoms with E-state index in [1.54, 1.807) is 37.5 Å². The van der Waals surface area contributed by atoms with Crippen LogP contribution in [0.4, 0.5) is 5.69 Å². The first-order valence-electron chi connectivity index (χ1n) is 7.05. The number of rotatable bonds is 3. The number of hydrogen-bond donors (Lipinski definition) is 2. The van der Waals surface area contributed by atoms with Gasteiger partial charge in [-0.3, -0.25) is 9.78 Å². The van der Waals surface area contributed by atoms with Gasteiger partial charge in [0.1, 0.15) is 5.82 Å². The van der Waals surface area contributed by atoms with E-state index in [2.05, 4.69) is 25.0 Å². The van der Waals surface area contributed by atoms with Crippen molar-refractivity contribution < 1.29 is 14.3 Å². The molecule has 0 saturated carbocycles. The Balaban J connectivity index is 1.85. The summed E-state index contributed by atoms with van der Waals surface area (Å²) in [5.41, 5.74) is 2.90. The van der Waals surface area contributed by atoms with E-state index in [0.717, 1.165) is 16.6 Å². The highest BCUT2D eigenvalue weighted by atomic mass is 16.5. The third-order valence-electron chi connectivity index (χ3n) is 3.15. The monoisotopic (exact) mass is 310 g/mol. The molecule has 0 spiro atoms. The fraction of sp³-hybridized carbons (Fsp3) is 0.125. The Kier molecular flexibility index (Phi) is 4.01. The van der Waals surface area contributed by atoms with Crippen LogP contribution in [0.15, 0.2) is 42.7 Å². The first-order chi connectivity index (χ1) is 11.2. The normalized spacial score (nSPS) is 10.5. The van der Waals surface area contributed by atoms with Crippen molar-refractivity contribution in [2.75, 3.05) is 11.9 Å². The summed E-state index contributed by atoms with van der Waals surface area (Å²) in [7, 11) is 0. The van der Waals surface area contributed by atoms with Crippen LogP contribution >= 0.6 is 0 Å². The van der Waals surface area contributed by atoms with E-state index in [-0.39, 0.29) is 6.61 Å². The summed E-state index contributed by atoms with van der Waals surface area (Å²) in [5, 5.41) is 2.50. The first-order valence-corrected chi connectivity index (χ1v) is 7.05. The van der Waals surface area contributed by atoms with Crippen LogP contribution in [0.25, 0.3) is 22.4 Å². The van der Waals surface area contributed by atoms with Gasteiger partial charge in [-0.15, -0.1) is 0 Å². The lowest BCUT2D eigenvalue weighted by molar-refractivity contribution is -0.152. The lowest BCUT2D eigenvalue weighted by Gasteiger charge is -2.04. The molecular weight excluding hydrogens is 296 g/mol. The molecular formula is C16H14N4O3. The van der Waals surface area contributed by atoms with Crippen LogP contribution in [0, 0.1) is 0 Å². The Morgan fingerprint density at radius 2 is 2.00 bits per heavy atom. The molecule has 2 aromatic heterocycles. The predicted octanol–water partition coefficient (Wildman–Crippen LogP) is 2.13. The molecule has 0 saturated heterocycles. The van der Waals surface area contributed by atoms with E-state index in [9.17, 15) is 9.59 Å². The Hall–Kier alpha value is -3.22. The topological polar surface area (TPSA) is 97.0 Å². The van der Waals surface area contributed by atoms with Crippen LogP contribution in [0.5, 0.6) is 0 Å². The molecule has 0 radical (unpaired) electrons. The summed E-state index contributed by atoms with van der Waals surface area (Å²) in [6, 6.07) is 8.85. The highest BCUT2D eigenvalue weighted by Crippen LogP contribution is 2.22. The molecule has 1 aromatic carbocycles. The molecule has 23 heavy (non-hydrogen) atoms. The third kappa shape index (κ3) is 3.18. The number of benzene rings is 1. The number of amides is 1. The van der Waals surface area contributed by atoms with Gasteiger partial charge in [0.25, 0.3) is 0 Å². The maximum atomic E-state index is 11.6. The first kappa shape index (κ1) is 14.7. The lowest BCUT2D eigenvalue weighted by Crippen LogP contribution is -2.24. The van der Waals surface area contributed by atoms with E-state index >= 15 is 0 Å². The Bertz CT molecular complexity index is 858. The van der Waals surface area contributed by atoms with Gasteiger partial charge in [-0.25, -0.2) is 9.78 Å². The molecule has 0 bridgehead atoms. The van der Waals surface area contributed by atoms with E-state index in [4.69, 9.17) is 0 Å². The number of H-pyrrole nitrogens is 1. The fourth-order valence-corrected chi connectivity index (χ4v) is 2.11. The maximum Gasteiger partial charge on any atom is 0.397 e. The van der Waals surface area contributed by atoms with Gasteiger partial charge in [-0.1, -0.05) is 0 Å². The molecule has 1 amide bonds. The minimum absolute atomic E-state index is 0.154. The lowest BCUT2D eigenvalue weighted by atomic mass is 10.2. The molecule has 0 aliphatic heterocycles. The zero-order valence-corrected chi connectivity index (χ0v) is 12.4. The number of aromatic nitrogens is 3. The average molecular weight is 310 g/mol. The van der Waals surface area contributed by atoms with Crippen molar-refractivity contribution in [3.05, 3.63) is 42.7 Å². The van der Waals surface area contributed by atoms with Gasteiger partial charge in [0, 0.05) is 23.6 Å². The van der Waals surface area contributed by atoms with Crippen molar-refractivity contribution in [1.82, 2.24) is 15.0 Å². The van der Waals surface area contributed by atoms with Crippen LogP contribution in [0.1, 0.15) is 6.92 Å². The highest BCUT2D eigenvalue weighted by Gasteiger charge is 2.15. The molecule has 3 aromatic rings. The van der Waals surface area contributed by atoms with Crippen LogP contribution in [-0.2, 0) is 14.3 Å². The SMILES string of the molecule is CCOC(=O)C(=O)Nc1ccc2nc(-c3ccncc3)[nH]c2c1. The number of pyridine rings is 1. The van der Waals surface area contributed by atoms with Crippen LogP contribution in [0.3, 0.4) is 0 Å². The molecule has 0 atom stereocenters. The minimum atomic E-state index is -0.908. The molecule has 7 heteroatoms. The number of anilines is 1. The van der Waals surface area contributed by atoms with Crippen molar-refractivity contribution in [2.45, 2.75) is 6.92 Å². The summed E-state index contributed by atoms with van der Waals surface area (Å²) in [5.74, 6) is -1.01. The van der Waals surface area contributed by atoms with Crippen molar-refractivity contribution >= 4 is 28.6 Å². The number of aromatic amines is 1. The highest BCUT2D eigenvalue weighted by molar-refractivity contribution is 6.37. The van der Waals surface area contributed by atoms with Crippen LogP contribution in [0.2, 0.25) is 0 Å². The molecule has 2 heterocycles. The van der Waals surface area contributed by atoms with E-state index in [1.807, 2.05) is 12.1 Å². The van der Waals surface area contributed by atoms with Crippen molar-refractivity contribution in [1.29, 1.82) is 0 Å². The molecule has 3 rings (SSSR count). The number of imidazole rings is 1. The van der Waals surface area contributed by atoms with Crippen molar-refractivity contribution in [2.24, 2.45) is 0 Å². The van der Waals surface area contributed by atoms with Crippen LogP contribution in [-0.4, -0.2) is 33.4 Å². The number of nitrogens with zero attached hydrogens (tertiary/aromatic N) is 2. The molecule has 0 unspecified atom stereocenters. The smallest absolute Gasteiger partial charge is 0.397 e. The molecule has 7 nitrogen and oxygen atoms in total. The Morgan fingerprint density at radius 1 is 1.22 bits per heavy atom. The molecule has 0 aliphatic rings. The van der Waals surface area contributed by atoms with Gasteiger partial charge < -0.3 is 15.0 Å². The van der Waals surface area contributed by atoms with Crippen LogP contribution < -0.4 is 5.32 Å². The van der Waals surface area contributed by atoms with Crippen molar-refractivity contribution in [3.8, 4) is 11.4 Å². The second kappa shape index (κ2) is 6.27. The minimum Gasteiger partial charge on any atom is -0.459 e. The Labute approximate surface area is 131 Å². The number of nitrogens with one attached hydrogen (secondary N) is 2. The number of carbonyl (C=O) groups is 2. The number of ether oxygens (including phenoxy) is 1. The summed E-state index contributed by atoms with van der Waals surface area (Å²) in [4.78, 5) is 34.6. The summed E-state index contributed by atoms with van der Waals surface area (Å²) >= 11 is 0. The van der Waals surface area contributed by atoms with Gasteiger partial charge >= 0.3 is 11.9 Å². The number of hydrogen-bond acceptors (Lipinski definition) is 5. The van der Waals surface area contributed by atoms with Gasteiger partial charge in [-0.2, -0.15) is 0 Å². The molecule has 116 valence electrons. The number of esters is 1. The number of fused-ring (bicyclic) bond motifs is 1. The standard InChI is InChI=1S/C16H14N4O3/c1-2-23-16(22)15(21)18-11-3-4-12-13(9-11)20-14(19-12)10-5-7-17-8-6-10/h3-9H,2H2,1H3,(H,18,21)(H,19,20). The summed E-state index contributed by atoms with van der Waals surface area (Å²) in [6.45, 7) is 1.80. The fourth-order valence-electron chi connectivity index (χ4n) is 2.11. The zero-order chi connectivity index (χ0) is 16.2.